The van der Waals surface area contributed by atoms with E-state index >= 15 is 0 Å². The minimum Gasteiger partial charge on any atom is -0.504 e. The minimum atomic E-state index is -0.131. The molecule has 0 aliphatic rings. The van der Waals surface area contributed by atoms with Gasteiger partial charge in [0.25, 0.3) is 0 Å². The Bertz CT molecular complexity index is 805. The van der Waals surface area contributed by atoms with Crippen LogP contribution in [0.5, 0.6) is 11.5 Å². The normalized spacial score (nSPS) is 10.7. The molecule has 0 bridgehead atoms. The maximum Gasteiger partial charge on any atom is 0.162 e. The lowest BCUT2D eigenvalue weighted by Crippen LogP contribution is -2.01. The molecular formula is C16H13ClN2O2. The van der Waals surface area contributed by atoms with Gasteiger partial charge in [-0.05, 0) is 30.3 Å². The number of rotatable bonds is 3. The summed E-state index contributed by atoms with van der Waals surface area (Å²) in [7, 11) is 0. The molecule has 0 aliphatic heterocycles. The van der Waals surface area contributed by atoms with Crippen LogP contribution in [-0.2, 0) is 6.54 Å². The molecule has 0 saturated carbocycles. The number of benzene rings is 2. The molecule has 1 heterocycles. The van der Waals surface area contributed by atoms with Gasteiger partial charge >= 0.3 is 0 Å². The van der Waals surface area contributed by atoms with Crippen molar-refractivity contribution < 1.29 is 10.2 Å². The lowest BCUT2D eigenvalue weighted by Gasteiger charge is -2.11. The number of phenolic OH excluding ortho intramolecular Hbond substituents is 2. The summed E-state index contributed by atoms with van der Waals surface area (Å²) in [5, 5.41) is 24.0. The lowest BCUT2D eigenvalue weighted by atomic mass is 10.1. The van der Waals surface area contributed by atoms with E-state index in [1.54, 1.807) is 24.4 Å². The fourth-order valence-electron chi connectivity index (χ4n) is 2.19. The zero-order chi connectivity index (χ0) is 14.8. The Morgan fingerprint density at radius 1 is 1.05 bits per heavy atom. The van der Waals surface area contributed by atoms with Crippen LogP contribution in [-0.4, -0.2) is 15.2 Å². The third kappa shape index (κ3) is 2.58. The first-order chi connectivity index (χ1) is 10.2. The van der Waals surface area contributed by atoms with Gasteiger partial charge in [-0.1, -0.05) is 23.7 Å². The van der Waals surface area contributed by atoms with E-state index in [-0.39, 0.29) is 11.5 Å². The molecule has 1 aromatic heterocycles. The van der Waals surface area contributed by atoms with Crippen LogP contribution in [0.4, 0.5) is 5.69 Å². The molecule has 5 heteroatoms. The molecule has 0 aliphatic carbocycles. The molecule has 106 valence electrons. The summed E-state index contributed by atoms with van der Waals surface area (Å²) in [5.41, 5.74) is 2.19. The highest BCUT2D eigenvalue weighted by atomic mass is 35.5. The van der Waals surface area contributed by atoms with E-state index in [0.29, 0.717) is 17.1 Å². The number of phenols is 2. The van der Waals surface area contributed by atoms with Crippen LogP contribution in [0.1, 0.15) is 5.56 Å². The first-order valence-corrected chi connectivity index (χ1v) is 6.81. The molecule has 0 amide bonds. The number of nitrogens with one attached hydrogen (secondary N) is 1. The Labute approximate surface area is 126 Å². The number of fused-ring (bicyclic) bond motifs is 1. The average Bonchev–Trinajstić information content (AvgIpc) is 2.51. The fraction of sp³-hybridized carbons (Fsp3) is 0.0625. The fourth-order valence-corrected chi connectivity index (χ4v) is 2.41. The van der Waals surface area contributed by atoms with E-state index < -0.39 is 0 Å². The summed E-state index contributed by atoms with van der Waals surface area (Å²) in [6.45, 7) is 0.369. The standard InChI is InChI=1S/C16H13ClN2O2/c17-12-6-7-13(15-11(12)4-2-8-18-15)19-9-10-3-1-5-14(20)16(10)21/h1-8,19-21H,9H2. The van der Waals surface area contributed by atoms with Gasteiger partial charge in [0.1, 0.15) is 0 Å². The smallest absolute Gasteiger partial charge is 0.162 e. The van der Waals surface area contributed by atoms with Crippen LogP contribution in [0.25, 0.3) is 10.9 Å². The Morgan fingerprint density at radius 3 is 2.76 bits per heavy atom. The number of aromatic hydroxyl groups is 2. The third-order valence-electron chi connectivity index (χ3n) is 3.28. The van der Waals surface area contributed by atoms with Gasteiger partial charge in [0.2, 0.25) is 0 Å². The van der Waals surface area contributed by atoms with E-state index in [1.165, 1.54) is 6.07 Å². The van der Waals surface area contributed by atoms with Crippen molar-refractivity contribution in [3.8, 4) is 11.5 Å². The monoisotopic (exact) mass is 300 g/mol. The van der Waals surface area contributed by atoms with E-state index in [4.69, 9.17) is 11.6 Å². The zero-order valence-electron chi connectivity index (χ0n) is 11.0. The molecule has 4 nitrogen and oxygen atoms in total. The Kier molecular flexibility index (Phi) is 3.54. The second-order valence-corrected chi connectivity index (χ2v) is 5.04. The van der Waals surface area contributed by atoms with Gasteiger partial charge in [0.05, 0.1) is 16.2 Å². The highest BCUT2D eigenvalue weighted by Crippen LogP contribution is 2.31. The van der Waals surface area contributed by atoms with Crippen molar-refractivity contribution in [2.75, 3.05) is 5.32 Å². The van der Waals surface area contributed by atoms with Gasteiger partial charge in [0, 0.05) is 23.7 Å². The quantitative estimate of drug-likeness (QED) is 0.642. The number of pyridine rings is 1. The van der Waals surface area contributed by atoms with Crippen molar-refractivity contribution in [3.05, 3.63) is 59.2 Å². The number of anilines is 1. The van der Waals surface area contributed by atoms with Gasteiger partial charge in [-0.25, -0.2) is 0 Å². The SMILES string of the molecule is Oc1cccc(CNc2ccc(Cl)c3cccnc23)c1O. The first kappa shape index (κ1) is 13.5. The van der Waals surface area contributed by atoms with Crippen LogP contribution in [0.3, 0.4) is 0 Å². The van der Waals surface area contributed by atoms with Crippen LogP contribution >= 0.6 is 11.6 Å². The van der Waals surface area contributed by atoms with Crippen LogP contribution in [0, 0.1) is 0 Å². The minimum absolute atomic E-state index is 0.115. The molecule has 0 spiro atoms. The number of hydrogen-bond acceptors (Lipinski definition) is 4. The molecule has 21 heavy (non-hydrogen) atoms. The summed E-state index contributed by atoms with van der Waals surface area (Å²) in [5.74, 6) is -0.246. The van der Waals surface area contributed by atoms with Gasteiger partial charge in [-0.3, -0.25) is 4.98 Å². The second kappa shape index (κ2) is 5.50. The molecule has 0 radical (unpaired) electrons. The molecule has 3 N–H and O–H groups in total. The van der Waals surface area contributed by atoms with Crippen molar-refractivity contribution in [3.63, 3.8) is 0 Å². The summed E-state index contributed by atoms with van der Waals surface area (Å²) in [6, 6.07) is 12.3. The molecular weight excluding hydrogens is 288 g/mol. The zero-order valence-corrected chi connectivity index (χ0v) is 11.8. The van der Waals surface area contributed by atoms with Gasteiger partial charge < -0.3 is 15.5 Å². The van der Waals surface area contributed by atoms with E-state index in [1.807, 2.05) is 18.2 Å². The van der Waals surface area contributed by atoms with Crippen LogP contribution < -0.4 is 5.32 Å². The number of aromatic nitrogens is 1. The number of hydrogen-bond donors (Lipinski definition) is 3. The molecule has 2 aromatic carbocycles. The largest absolute Gasteiger partial charge is 0.504 e. The Balaban J connectivity index is 1.92. The molecule has 3 rings (SSSR count). The Hall–Kier alpha value is -2.46. The Morgan fingerprint density at radius 2 is 1.90 bits per heavy atom. The van der Waals surface area contributed by atoms with Gasteiger partial charge in [0.15, 0.2) is 11.5 Å². The van der Waals surface area contributed by atoms with Crippen LogP contribution in [0.15, 0.2) is 48.7 Å². The average molecular weight is 301 g/mol. The lowest BCUT2D eigenvalue weighted by molar-refractivity contribution is 0.400. The van der Waals surface area contributed by atoms with E-state index in [2.05, 4.69) is 10.3 Å². The van der Waals surface area contributed by atoms with Gasteiger partial charge in [-0.15, -0.1) is 0 Å². The molecule has 0 unspecified atom stereocenters. The number of nitrogens with zero attached hydrogens (tertiary/aromatic N) is 1. The van der Waals surface area contributed by atoms with E-state index in [9.17, 15) is 10.2 Å². The summed E-state index contributed by atoms with van der Waals surface area (Å²) >= 11 is 6.15. The summed E-state index contributed by atoms with van der Waals surface area (Å²) in [6.07, 6.45) is 1.70. The van der Waals surface area contributed by atoms with Crippen molar-refractivity contribution in [1.82, 2.24) is 4.98 Å². The highest BCUT2D eigenvalue weighted by molar-refractivity contribution is 6.35. The van der Waals surface area contributed by atoms with Crippen molar-refractivity contribution >= 4 is 28.2 Å². The number of para-hydroxylation sites is 1. The van der Waals surface area contributed by atoms with Crippen molar-refractivity contribution in [2.45, 2.75) is 6.54 Å². The number of halogens is 1. The maximum atomic E-state index is 9.81. The molecule has 0 atom stereocenters. The van der Waals surface area contributed by atoms with Crippen molar-refractivity contribution in [2.24, 2.45) is 0 Å². The third-order valence-corrected chi connectivity index (χ3v) is 3.61. The van der Waals surface area contributed by atoms with E-state index in [0.717, 1.165) is 16.6 Å². The van der Waals surface area contributed by atoms with Crippen molar-refractivity contribution in [1.29, 1.82) is 0 Å². The second-order valence-electron chi connectivity index (χ2n) is 4.63. The summed E-state index contributed by atoms with van der Waals surface area (Å²) in [4.78, 5) is 4.34. The van der Waals surface area contributed by atoms with Crippen LogP contribution in [0.2, 0.25) is 5.02 Å². The maximum absolute atomic E-state index is 9.81. The molecule has 0 fully saturated rings. The predicted molar refractivity (Wildman–Crippen MR) is 83.9 cm³/mol. The highest BCUT2D eigenvalue weighted by Gasteiger charge is 2.08. The predicted octanol–water partition coefficient (Wildman–Crippen LogP) is 3.91. The summed E-state index contributed by atoms with van der Waals surface area (Å²) < 4.78 is 0. The molecule has 0 saturated heterocycles. The first-order valence-electron chi connectivity index (χ1n) is 6.44. The molecule has 3 aromatic rings. The van der Waals surface area contributed by atoms with Gasteiger partial charge in [-0.2, -0.15) is 0 Å². The topological polar surface area (TPSA) is 65.4 Å².